The minimum atomic E-state index is -3.12. The number of fused-ring (bicyclic) bond motifs is 4. The molecule has 4 aliphatic rings. The Bertz CT molecular complexity index is 1730. The van der Waals surface area contributed by atoms with Crippen molar-refractivity contribution in [2.45, 2.75) is 64.9 Å². The third kappa shape index (κ3) is 4.00. The molecule has 0 saturated carbocycles. The van der Waals surface area contributed by atoms with E-state index in [-0.39, 0.29) is 35.1 Å². The average Bonchev–Trinajstić information content (AvgIpc) is 3.54. The lowest BCUT2D eigenvalue weighted by Crippen LogP contribution is -2.27. The number of aryl methyl sites for hydroxylation is 2. The minimum Gasteiger partial charge on any atom is -0.369 e. The molecule has 34 heavy (non-hydrogen) atoms. The molecule has 4 N–H and O–H groups in total. The summed E-state index contributed by atoms with van der Waals surface area (Å²) in [7, 11) is 0. The molecule has 2 aromatic carbocycles. The van der Waals surface area contributed by atoms with Crippen LogP contribution in [0.5, 0.6) is 0 Å². The zero-order valence-corrected chi connectivity index (χ0v) is 18.8. The Morgan fingerprint density at radius 3 is 1.59 bits per heavy atom. The SMILES string of the molecule is [2H]C1([2H])C2=C(Cc3ccc(C)cc32)[C@@]([2H])(C(N)=O)C([2H])([2H])C1([2H])[2H].[2H]C1([2H])C2=C(Cc3ccc(C)cc32)[C@]([2H])(C(N)=O)C([2H])([2H])C1([2H])[2H]. The topological polar surface area (TPSA) is 86.2 Å². The van der Waals surface area contributed by atoms with Gasteiger partial charge in [0.2, 0.25) is 11.8 Å². The fourth-order valence-electron chi connectivity index (χ4n) is 4.63. The second-order valence-corrected chi connectivity index (χ2v) is 8.61. The van der Waals surface area contributed by atoms with Crippen LogP contribution in [0.1, 0.15) is 90.8 Å². The monoisotopic (exact) mass is 468 g/mol. The van der Waals surface area contributed by atoms with Gasteiger partial charge >= 0.3 is 0 Å². The highest BCUT2D eigenvalue weighted by Gasteiger charge is 2.33. The third-order valence-corrected chi connectivity index (χ3v) is 6.25. The largest absolute Gasteiger partial charge is 0.369 e. The molecule has 4 nitrogen and oxygen atoms in total. The van der Waals surface area contributed by atoms with Crippen LogP contribution in [0.15, 0.2) is 47.5 Å². The summed E-state index contributed by atoms with van der Waals surface area (Å²) in [6.45, 7) is 3.60. The average molecular weight is 469 g/mol. The summed E-state index contributed by atoms with van der Waals surface area (Å²) < 4.78 is 115. The van der Waals surface area contributed by atoms with Gasteiger partial charge in [0.15, 0.2) is 0 Å². The number of allylic oxidation sites excluding steroid dienone is 2. The van der Waals surface area contributed by atoms with Crippen LogP contribution < -0.4 is 11.5 Å². The molecule has 0 saturated heterocycles. The van der Waals surface area contributed by atoms with Crippen molar-refractivity contribution in [1.82, 2.24) is 0 Å². The molecule has 6 rings (SSSR count). The van der Waals surface area contributed by atoms with Crippen molar-refractivity contribution >= 4 is 23.0 Å². The predicted molar refractivity (Wildman–Crippen MR) is 137 cm³/mol. The number of rotatable bonds is 2. The molecule has 4 aliphatic carbocycles. The number of carbonyl (C=O) groups is 2. The van der Waals surface area contributed by atoms with E-state index in [1.807, 2.05) is 0 Å². The van der Waals surface area contributed by atoms with Gasteiger partial charge in [0.25, 0.3) is 0 Å². The van der Waals surface area contributed by atoms with Crippen LogP contribution in [0.25, 0.3) is 11.1 Å². The van der Waals surface area contributed by atoms with Crippen LogP contribution in [0.3, 0.4) is 0 Å². The van der Waals surface area contributed by atoms with Crippen molar-refractivity contribution in [3.8, 4) is 0 Å². The zero-order chi connectivity index (χ0) is 36.6. The van der Waals surface area contributed by atoms with Crippen LogP contribution in [0, 0.1) is 25.6 Å². The summed E-state index contributed by atoms with van der Waals surface area (Å²) in [6.07, 6.45) is -17.9. The van der Waals surface area contributed by atoms with Crippen molar-refractivity contribution < 1.29 is 28.8 Å². The first-order valence-electron chi connectivity index (χ1n) is 17.9. The molecule has 2 aromatic rings. The van der Waals surface area contributed by atoms with Crippen molar-refractivity contribution in [2.75, 3.05) is 0 Å². The Morgan fingerprint density at radius 1 is 0.794 bits per heavy atom. The number of amides is 2. The highest BCUT2D eigenvalue weighted by Crippen LogP contribution is 2.45. The summed E-state index contributed by atoms with van der Waals surface area (Å²) in [6, 6.07) is 10.4. The highest BCUT2D eigenvalue weighted by molar-refractivity contribution is 5.88. The summed E-state index contributed by atoms with van der Waals surface area (Å²) in [5.74, 6) is -7.98. The molecule has 0 fully saturated rings. The van der Waals surface area contributed by atoms with Gasteiger partial charge in [0.05, 0.1) is 11.8 Å². The summed E-state index contributed by atoms with van der Waals surface area (Å²) in [4.78, 5) is 24.0. The van der Waals surface area contributed by atoms with Crippen LogP contribution in [-0.2, 0) is 22.4 Å². The number of primary amides is 2. The fraction of sp³-hybridized carbons (Fsp3) is 0.400. The van der Waals surface area contributed by atoms with E-state index >= 15 is 0 Å². The maximum Gasteiger partial charge on any atom is 0.224 e. The number of benzene rings is 2. The quantitative estimate of drug-likeness (QED) is 0.636. The first-order chi connectivity index (χ1) is 21.6. The van der Waals surface area contributed by atoms with Gasteiger partial charge in [-0.15, -0.1) is 0 Å². The second-order valence-electron chi connectivity index (χ2n) is 8.61. The van der Waals surface area contributed by atoms with E-state index in [9.17, 15) is 9.59 Å². The molecule has 2 atom stereocenters. The lowest BCUT2D eigenvalue weighted by molar-refractivity contribution is -0.121. The van der Waals surface area contributed by atoms with E-state index in [0.717, 1.165) is 11.1 Å². The molecule has 0 heterocycles. The van der Waals surface area contributed by atoms with Crippen molar-refractivity contribution in [3.63, 3.8) is 0 Å². The Balaban J connectivity index is 0.000000188. The number of hydrogen-bond acceptors (Lipinski definition) is 2. The van der Waals surface area contributed by atoms with Crippen molar-refractivity contribution in [2.24, 2.45) is 23.3 Å². The summed E-state index contributed by atoms with van der Waals surface area (Å²) in [5, 5.41) is 0. The second kappa shape index (κ2) is 8.90. The molecule has 176 valence electrons. The first kappa shape index (κ1) is 11.5. The molecular weight excluding hydrogens is 420 g/mol. The number of carbonyl (C=O) groups excluding carboxylic acids is 2. The molecule has 4 heteroatoms. The Labute approximate surface area is 221 Å². The highest BCUT2D eigenvalue weighted by atomic mass is 16.1. The first-order valence-corrected chi connectivity index (χ1v) is 10.9. The predicted octanol–water partition coefficient (Wildman–Crippen LogP) is 5.18. The number of hydrogen-bond donors (Lipinski definition) is 2. The zero-order valence-electron chi connectivity index (χ0n) is 32.8. The molecular formula is C30H34N2O2. The van der Waals surface area contributed by atoms with Gasteiger partial charge in [-0.3, -0.25) is 9.59 Å². The maximum atomic E-state index is 12.0. The normalized spacial score (nSPS) is 41.6. The molecule has 0 radical (unpaired) electrons. The van der Waals surface area contributed by atoms with Crippen molar-refractivity contribution in [1.29, 1.82) is 0 Å². The molecule has 0 spiro atoms. The van der Waals surface area contributed by atoms with Gasteiger partial charge in [-0.05, 0) is 109 Å². The Morgan fingerprint density at radius 2 is 1.21 bits per heavy atom. The van der Waals surface area contributed by atoms with Crippen molar-refractivity contribution in [3.05, 3.63) is 80.9 Å². The molecule has 0 unspecified atom stereocenters. The lowest BCUT2D eigenvalue weighted by atomic mass is 9.82. The number of nitrogens with two attached hydrogens (primary N) is 2. The molecule has 2 amide bonds. The van der Waals surface area contributed by atoms with Gasteiger partial charge in [0.1, 0.15) is 0 Å². The summed E-state index contributed by atoms with van der Waals surface area (Å²) >= 11 is 0. The Kier molecular flexibility index (Phi) is 3.02. The smallest absolute Gasteiger partial charge is 0.224 e. The van der Waals surface area contributed by atoms with Gasteiger partial charge in [0, 0.05) is 19.2 Å². The van der Waals surface area contributed by atoms with Crippen LogP contribution in [-0.4, -0.2) is 11.8 Å². The van der Waals surface area contributed by atoms with Gasteiger partial charge in [-0.25, -0.2) is 0 Å². The van der Waals surface area contributed by atoms with E-state index < -0.39 is 61.8 Å². The van der Waals surface area contributed by atoms with Crippen LogP contribution >= 0.6 is 0 Å². The van der Waals surface area contributed by atoms with Crippen LogP contribution in [0.2, 0.25) is 0 Å². The molecule has 0 bridgehead atoms. The fourth-order valence-corrected chi connectivity index (χ4v) is 4.63. The standard InChI is InChI=1S/2C15H17NO/c2*1-9-5-6-10-8-14-11(13(10)7-9)3-2-4-12(14)15(16)17/h2*5-7,12H,2-4,8H2,1H3,(H2,16,17)/t2*12-/m10/s1/i2*2D2,3D2,4D2,12D. The molecule has 0 aliphatic heterocycles. The van der Waals surface area contributed by atoms with Gasteiger partial charge in [-0.1, -0.05) is 47.5 Å². The van der Waals surface area contributed by atoms with E-state index in [2.05, 4.69) is 0 Å². The van der Waals surface area contributed by atoms with Gasteiger partial charge in [-0.2, -0.15) is 0 Å². The minimum absolute atomic E-state index is 0.00644. The molecule has 0 aromatic heterocycles. The van der Waals surface area contributed by atoms with E-state index in [4.69, 9.17) is 30.7 Å². The van der Waals surface area contributed by atoms with Crippen LogP contribution in [0.4, 0.5) is 0 Å². The van der Waals surface area contributed by atoms with E-state index in [0.29, 0.717) is 22.3 Å². The lowest BCUT2D eigenvalue weighted by Gasteiger charge is -2.22. The maximum absolute atomic E-state index is 12.0. The third-order valence-electron chi connectivity index (χ3n) is 6.25. The van der Waals surface area contributed by atoms with E-state index in [1.165, 1.54) is 0 Å². The Hall–Kier alpha value is -3.14. The van der Waals surface area contributed by atoms with Gasteiger partial charge < -0.3 is 11.5 Å². The van der Waals surface area contributed by atoms with E-state index in [1.54, 1.807) is 50.2 Å². The summed E-state index contributed by atoms with van der Waals surface area (Å²) in [5.41, 5.74) is 14.0.